The van der Waals surface area contributed by atoms with Gasteiger partial charge in [-0.1, -0.05) is 33.1 Å². The van der Waals surface area contributed by atoms with Crippen LogP contribution in [-0.4, -0.2) is 36.2 Å². The van der Waals surface area contributed by atoms with Crippen molar-refractivity contribution < 1.29 is 4.48 Å². The molecular weight excluding hydrogens is 214 g/mol. The van der Waals surface area contributed by atoms with E-state index in [4.69, 9.17) is 0 Å². The summed E-state index contributed by atoms with van der Waals surface area (Å²) in [5, 5.41) is 0. The molecule has 0 aromatic carbocycles. The Bertz CT molecular complexity index is 155. The largest absolute Gasteiger partial charge is 0.318 e. The van der Waals surface area contributed by atoms with Gasteiger partial charge in [-0.05, 0) is 26.2 Å². The second-order valence-electron chi connectivity index (χ2n) is 5.17. The van der Waals surface area contributed by atoms with Gasteiger partial charge < -0.3 is 4.48 Å². The van der Waals surface area contributed by atoms with E-state index >= 15 is 0 Å². The van der Waals surface area contributed by atoms with E-state index in [2.05, 4.69) is 46.5 Å². The summed E-state index contributed by atoms with van der Waals surface area (Å²) in [4.78, 5) is 0. The summed E-state index contributed by atoms with van der Waals surface area (Å²) in [5.41, 5.74) is 0. The number of unbranched alkanes of at least 4 members (excludes halogenated alkanes) is 1. The van der Waals surface area contributed by atoms with E-state index in [1.807, 2.05) is 0 Å². The molecular formula is C14H32NS+. The zero-order chi connectivity index (χ0) is 12.4. The highest BCUT2D eigenvalue weighted by atomic mass is 32.2. The molecule has 0 aliphatic rings. The lowest BCUT2D eigenvalue weighted by molar-refractivity contribution is -0.893. The van der Waals surface area contributed by atoms with Crippen molar-refractivity contribution in [2.24, 2.45) is 5.92 Å². The third-order valence-electron chi connectivity index (χ3n) is 3.83. The smallest absolute Gasteiger partial charge is 0.125 e. The lowest BCUT2D eigenvalue weighted by Gasteiger charge is -2.32. The van der Waals surface area contributed by atoms with Gasteiger partial charge in [0.05, 0.1) is 20.1 Å². The molecule has 0 rings (SSSR count). The van der Waals surface area contributed by atoms with Crippen molar-refractivity contribution >= 4 is 11.8 Å². The fraction of sp³-hybridized carbons (Fsp3) is 1.00. The van der Waals surface area contributed by atoms with Crippen molar-refractivity contribution in [3.05, 3.63) is 0 Å². The molecule has 0 bridgehead atoms. The Labute approximate surface area is 108 Å². The van der Waals surface area contributed by atoms with E-state index in [0.717, 1.165) is 5.92 Å². The SMILES string of the molecule is CCCC[C@H](CC)CSC[N+](C)(CC)CC. The standard InChI is InChI=1S/C14H32NS/c1-6-10-11-14(7-2)12-16-13-15(5,8-3)9-4/h14H,6-13H2,1-5H3/q+1/t14-/m0/s1. The van der Waals surface area contributed by atoms with Gasteiger partial charge in [0.2, 0.25) is 0 Å². The molecule has 0 saturated heterocycles. The molecule has 0 aliphatic carbocycles. The van der Waals surface area contributed by atoms with E-state index in [0.29, 0.717) is 0 Å². The van der Waals surface area contributed by atoms with Crippen molar-refractivity contribution in [1.29, 1.82) is 0 Å². The molecule has 0 N–H and O–H groups in total. The molecule has 0 aromatic heterocycles. The van der Waals surface area contributed by atoms with Crippen molar-refractivity contribution in [2.75, 3.05) is 31.8 Å². The van der Waals surface area contributed by atoms with Crippen LogP contribution in [0.2, 0.25) is 0 Å². The molecule has 0 unspecified atom stereocenters. The van der Waals surface area contributed by atoms with E-state index in [-0.39, 0.29) is 0 Å². The lowest BCUT2D eigenvalue weighted by Crippen LogP contribution is -2.43. The minimum atomic E-state index is 0.951. The summed E-state index contributed by atoms with van der Waals surface area (Å²) < 4.78 is 1.22. The van der Waals surface area contributed by atoms with Gasteiger partial charge in [-0.2, -0.15) is 0 Å². The summed E-state index contributed by atoms with van der Waals surface area (Å²) in [7, 11) is 2.37. The van der Waals surface area contributed by atoms with Crippen LogP contribution in [0.25, 0.3) is 0 Å². The molecule has 0 amide bonds. The molecule has 0 aromatic rings. The Morgan fingerprint density at radius 1 is 1.06 bits per heavy atom. The van der Waals surface area contributed by atoms with Crippen LogP contribution in [0.4, 0.5) is 0 Å². The predicted molar refractivity (Wildman–Crippen MR) is 77.9 cm³/mol. The Hall–Kier alpha value is 0.310. The Morgan fingerprint density at radius 2 is 1.69 bits per heavy atom. The summed E-state index contributed by atoms with van der Waals surface area (Å²) in [6, 6.07) is 0. The van der Waals surface area contributed by atoms with Crippen LogP contribution in [0.1, 0.15) is 53.4 Å². The number of hydrogen-bond donors (Lipinski definition) is 0. The molecule has 0 heterocycles. The lowest BCUT2D eigenvalue weighted by atomic mass is 10.0. The first-order valence-corrected chi connectivity index (χ1v) is 8.18. The number of nitrogens with zero attached hydrogens (tertiary/aromatic N) is 1. The number of hydrogen-bond acceptors (Lipinski definition) is 1. The normalized spacial score (nSPS) is 14.1. The van der Waals surface area contributed by atoms with Crippen LogP contribution in [-0.2, 0) is 0 Å². The Morgan fingerprint density at radius 3 is 2.12 bits per heavy atom. The van der Waals surface area contributed by atoms with Gasteiger partial charge in [-0.15, -0.1) is 11.8 Å². The fourth-order valence-electron chi connectivity index (χ4n) is 1.74. The van der Waals surface area contributed by atoms with Crippen molar-refractivity contribution in [1.82, 2.24) is 0 Å². The van der Waals surface area contributed by atoms with Gasteiger partial charge >= 0.3 is 0 Å². The van der Waals surface area contributed by atoms with Crippen LogP contribution in [0.5, 0.6) is 0 Å². The molecule has 98 valence electrons. The molecule has 2 heteroatoms. The number of quaternary nitrogens is 1. The summed E-state index contributed by atoms with van der Waals surface area (Å²) in [6.07, 6.45) is 5.54. The van der Waals surface area contributed by atoms with Crippen molar-refractivity contribution in [3.63, 3.8) is 0 Å². The quantitative estimate of drug-likeness (QED) is 0.407. The Kier molecular flexibility index (Phi) is 9.53. The third-order valence-corrected chi connectivity index (χ3v) is 5.34. The van der Waals surface area contributed by atoms with Crippen molar-refractivity contribution in [2.45, 2.75) is 53.4 Å². The highest BCUT2D eigenvalue weighted by Gasteiger charge is 2.17. The number of rotatable bonds is 10. The highest BCUT2D eigenvalue weighted by Crippen LogP contribution is 2.20. The minimum absolute atomic E-state index is 0.951. The second-order valence-corrected chi connectivity index (χ2v) is 6.17. The first kappa shape index (κ1) is 16.3. The van der Waals surface area contributed by atoms with Gasteiger partial charge in [-0.25, -0.2) is 0 Å². The maximum Gasteiger partial charge on any atom is 0.125 e. The molecule has 0 fully saturated rings. The van der Waals surface area contributed by atoms with Gasteiger partial charge in [-0.3, -0.25) is 0 Å². The van der Waals surface area contributed by atoms with Crippen LogP contribution < -0.4 is 0 Å². The van der Waals surface area contributed by atoms with Crippen molar-refractivity contribution in [3.8, 4) is 0 Å². The molecule has 0 radical (unpaired) electrons. The second kappa shape index (κ2) is 9.35. The highest BCUT2D eigenvalue weighted by molar-refractivity contribution is 7.99. The monoisotopic (exact) mass is 246 g/mol. The third kappa shape index (κ3) is 6.80. The average molecular weight is 246 g/mol. The minimum Gasteiger partial charge on any atom is -0.318 e. The van der Waals surface area contributed by atoms with Crippen LogP contribution in [0.3, 0.4) is 0 Å². The molecule has 16 heavy (non-hydrogen) atoms. The van der Waals surface area contributed by atoms with Gasteiger partial charge in [0, 0.05) is 5.75 Å². The molecule has 1 nitrogen and oxygen atoms in total. The molecule has 0 saturated carbocycles. The van der Waals surface area contributed by atoms with E-state index in [9.17, 15) is 0 Å². The zero-order valence-corrected chi connectivity index (χ0v) is 12.9. The molecule has 1 atom stereocenters. The fourth-order valence-corrected chi connectivity index (χ4v) is 3.39. The van der Waals surface area contributed by atoms with Crippen LogP contribution in [0, 0.1) is 5.92 Å². The summed E-state index contributed by atoms with van der Waals surface area (Å²) in [6.45, 7) is 11.8. The maximum absolute atomic E-state index is 2.37. The maximum atomic E-state index is 2.37. The average Bonchev–Trinajstić information content (AvgIpc) is 2.33. The van der Waals surface area contributed by atoms with Gasteiger partial charge in [0.25, 0.3) is 0 Å². The Balaban J connectivity index is 3.76. The zero-order valence-electron chi connectivity index (χ0n) is 12.1. The van der Waals surface area contributed by atoms with Crippen LogP contribution >= 0.6 is 11.8 Å². The van der Waals surface area contributed by atoms with Crippen LogP contribution in [0.15, 0.2) is 0 Å². The van der Waals surface area contributed by atoms with E-state index in [1.165, 1.54) is 54.9 Å². The topological polar surface area (TPSA) is 0 Å². The first-order chi connectivity index (χ1) is 7.61. The van der Waals surface area contributed by atoms with Gasteiger partial charge in [0.15, 0.2) is 0 Å². The van der Waals surface area contributed by atoms with Gasteiger partial charge in [0.1, 0.15) is 5.88 Å². The van der Waals surface area contributed by atoms with E-state index < -0.39 is 0 Å². The predicted octanol–water partition coefficient (Wildman–Crippen LogP) is 4.38. The summed E-state index contributed by atoms with van der Waals surface area (Å²) in [5.74, 6) is 3.60. The summed E-state index contributed by atoms with van der Waals surface area (Å²) >= 11 is 2.16. The molecule has 0 aliphatic heterocycles. The molecule has 0 spiro atoms. The van der Waals surface area contributed by atoms with E-state index in [1.54, 1.807) is 0 Å². The number of thioether (sulfide) groups is 1. The first-order valence-electron chi connectivity index (χ1n) is 7.03.